The Labute approximate surface area is 169 Å². The number of rotatable bonds is 4. The van der Waals surface area contributed by atoms with Crippen LogP contribution in [0.4, 0.5) is 0 Å². The molecule has 2 aromatic heterocycles. The first-order chi connectivity index (χ1) is 14.0. The summed E-state index contributed by atoms with van der Waals surface area (Å²) in [6, 6.07) is 11.3. The molecule has 1 aromatic carbocycles. The van der Waals surface area contributed by atoms with Crippen molar-refractivity contribution in [1.29, 1.82) is 0 Å². The van der Waals surface area contributed by atoms with Crippen LogP contribution in [0, 0.1) is 0 Å². The molecule has 0 spiro atoms. The molecule has 0 bridgehead atoms. The van der Waals surface area contributed by atoms with Crippen molar-refractivity contribution in [3.63, 3.8) is 0 Å². The van der Waals surface area contributed by atoms with Crippen molar-refractivity contribution in [2.75, 3.05) is 13.1 Å². The molecule has 1 aliphatic rings. The number of piperidine rings is 1. The highest BCUT2D eigenvalue weighted by molar-refractivity contribution is 5.94. The van der Waals surface area contributed by atoms with Gasteiger partial charge < -0.3 is 14.6 Å². The van der Waals surface area contributed by atoms with Crippen molar-refractivity contribution in [3.8, 4) is 0 Å². The summed E-state index contributed by atoms with van der Waals surface area (Å²) in [4.78, 5) is 34.7. The lowest BCUT2D eigenvalue weighted by atomic mass is 9.96. The fourth-order valence-corrected chi connectivity index (χ4v) is 4.08. The molecule has 4 rings (SSSR count). The summed E-state index contributed by atoms with van der Waals surface area (Å²) in [6.45, 7) is 5.55. The lowest BCUT2D eigenvalue weighted by molar-refractivity contribution is 0.0681. The zero-order chi connectivity index (χ0) is 20.5. The van der Waals surface area contributed by atoms with Gasteiger partial charge in [0, 0.05) is 31.2 Å². The Balaban J connectivity index is 1.60. The van der Waals surface area contributed by atoms with Crippen LogP contribution in [0.5, 0.6) is 0 Å². The third-order valence-corrected chi connectivity index (χ3v) is 5.44. The molecule has 1 N–H and O–H groups in total. The molecule has 1 atom stereocenters. The van der Waals surface area contributed by atoms with Gasteiger partial charge in [0.2, 0.25) is 0 Å². The van der Waals surface area contributed by atoms with E-state index in [1.807, 2.05) is 18.2 Å². The highest BCUT2D eigenvalue weighted by atomic mass is 16.4. The van der Waals surface area contributed by atoms with Gasteiger partial charge in [0.05, 0.1) is 16.6 Å². The van der Waals surface area contributed by atoms with Gasteiger partial charge in [-0.15, -0.1) is 0 Å². The van der Waals surface area contributed by atoms with E-state index >= 15 is 0 Å². The number of carboxylic acid groups (broad SMARTS) is 1. The van der Waals surface area contributed by atoms with Crippen LogP contribution in [-0.2, 0) is 0 Å². The summed E-state index contributed by atoms with van der Waals surface area (Å²) in [5.74, 6) is -0.0466. The number of carbonyl (C=O) groups excluding carboxylic acids is 1. The van der Waals surface area contributed by atoms with E-state index in [4.69, 9.17) is 10.1 Å². The molecule has 150 valence electrons. The summed E-state index contributed by atoms with van der Waals surface area (Å²) in [6.07, 6.45) is 3.10. The number of carbonyl (C=O) groups is 2. The Hall–Kier alpha value is -3.22. The highest BCUT2D eigenvalue weighted by Gasteiger charge is 2.30. The van der Waals surface area contributed by atoms with Crippen molar-refractivity contribution in [1.82, 2.24) is 19.4 Å². The predicted molar refractivity (Wildman–Crippen MR) is 109 cm³/mol. The normalized spacial score (nSPS) is 17.1. The summed E-state index contributed by atoms with van der Waals surface area (Å²) < 4.78 is 2.27. The quantitative estimate of drug-likeness (QED) is 0.731. The van der Waals surface area contributed by atoms with Crippen molar-refractivity contribution in [2.45, 2.75) is 38.6 Å². The minimum atomic E-state index is -1.05. The maximum Gasteiger partial charge on any atom is 0.337 e. The van der Waals surface area contributed by atoms with Gasteiger partial charge in [-0.2, -0.15) is 0 Å². The maximum atomic E-state index is 12.9. The van der Waals surface area contributed by atoms with Crippen LogP contribution in [0.2, 0.25) is 0 Å². The Bertz CT molecular complexity index is 1060. The summed E-state index contributed by atoms with van der Waals surface area (Å²) >= 11 is 0. The van der Waals surface area contributed by atoms with Crippen molar-refractivity contribution in [3.05, 3.63) is 59.7 Å². The second-order valence-electron chi connectivity index (χ2n) is 7.75. The van der Waals surface area contributed by atoms with E-state index in [1.165, 1.54) is 18.3 Å². The zero-order valence-corrected chi connectivity index (χ0v) is 16.6. The first kappa shape index (κ1) is 19.1. The smallest absolute Gasteiger partial charge is 0.337 e. The number of likely N-dealkylation sites (tertiary alicyclic amines) is 1. The second kappa shape index (κ2) is 7.66. The predicted octanol–water partition coefficient (Wildman–Crippen LogP) is 3.73. The van der Waals surface area contributed by atoms with Crippen molar-refractivity contribution in [2.24, 2.45) is 0 Å². The SMILES string of the molecule is CC(C)n1c(C2CCCN(C(=O)c3ccc(C(=O)O)cn3)C2)nc2ccccc21. The second-order valence-corrected chi connectivity index (χ2v) is 7.75. The first-order valence-electron chi connectivity index (χ1n) is 9.91. The van der Waals surface area contributed by atoms with Gasteiger partial charge in [0.1, 0.15) is 11.5 Å². The lowest BCUT2D eigenvalue weighted by Gasteiger charge is -2.33. The fraction of sp³-hybridized carbons (Fsp3) is 0.364. The number of nitrogens with zero attached hydrogens (tertiary/aromatic N) is 4. The number of para-hydroxylation sites is 2. The molecule has 1 aliphatic heterocycles. The topological polar surface area (TPSA) is 88.3 Å². The minimum absolute atomic E-state index is 0.0729. The van der Waals surface area contributed by atoms with Crippen LogP contribution < -0.4 is 0 Å². The average Bonchev–Trinajstić information content (AvgIpc) is 3.13. The number of imidazole rings is 1. The number of amides is 1. The molecule has 3 aromatic rings. The largest absolute Gasteiger partial charge is 0.478 e. The number of aromatic carboxylic acids is 1. The van der Waals surface area contributed by atoms with E-state index in [0.717, 1.165) is 29.7 Å². The van der Waals surface area contributed by atoms with E-state index in [2.05, 4.69) is 29.5 Å². The summed E-state index contributed by atoms with van der Waals surface area (Å²) in [5, 5.41) is 9.01. The van der Waals surface area contributed by atoms with Crippen molar-refractivity contribution < 1.29 is 14.7 Å². The van der Waals surface area contributed by atoms with Crippen LogP contribution in [0.15, 0.2) is 42.6 Å². The summed E-state index contributed by atoms with van der Waals surface area (Å²) in [7, 11) is 0. The average molecular weight is 392 g/mol. The Morgan fingerprint density at radius 3 is 2.66 bits per heavy atom. The molecule has 0 aliphatic carbocycles. The molecular formula is C22H24N4O3. The van der Waals surface area contributed by atoms with E-state index in [9.17, 15) is 9.59 Å². The van der Waals surface area contributed by atoms with Gasteiger partial charge in [-0.05, 0) is 51.0 Å². The van der Waals surface area contributed by atoms with E-state index < -0.39 is 5.97 Å². The number of benzene rings is 1. The minimum Gasteiger partial charge on any atom is -0.478 e. The Morgan fingerprint density at radius 1 is 1.17 bits per heavy atom. The molecule has 1 fully saturated rings. The third kappa shape index (κ3) is 3.60. The number of aromatic nitrogens is 3. The Kier molecular flexibility index (Phi) is 5.05. The zero-order valence-electron chi connectivity index (χ0n) is 16.6. The molecular weight excluding hydrogens is 368 g/mol. The molecule has 1 saturated heterocycles. The third-order valence-electron chi connectivity index (χ3n) is 5.44. The summed E-state index contributed by atoms with van der Waals surface area (Å²) in [5.41, 5.74) is 2.44. The molecule has 3 heterocycles. The first-order valence-corrected chi connectivity index (χ1v) is 9.91. The van der Waals surface area contributed by atoms with Crippen LogP contribution in [0.3, 0.4) is 0 Å². The number of carboxylic acids is 1. The van der Waals surface area contributed by atoms with Crippen molar-refractivity contribution >= 4 is 22.9 Å². The number of fused-ring (bicyclic) bond motifs is 1. The number of hydrogen-bond acceptors (Lipinski definition) is 4. The van der Waals surface area contributed by atoms with E-state index in [0.29, 0.717) is 13.1 Å². The molecule has 1 amide bonds. The molecule has 0 radical (unpaired) electrons. The molecule has 7 heteroatoms. The van der Waals surface area contributed by atoms with Crippen LogP contribution in [0.1, 0.15) is 65.3 Å². The van der Waals surface area contributed by atoms with Gasteiger partial charge in [-0.3, -0.25) is 9.78 Å². The van der Waals surface area contributed by atoms with E-state index in [1.54, 1.807) is 4.90 Å². The molecule has 0 saturated carbocycles. The lowest BCUT2D eigenvalue weighted by Crippen LogP contribution is -2.40. The van der Waals surface area contributed by atoms with Gasteiger partial charge in [0.15, 0.2) is 0 Å². The number of pyridine rings is 1. The van der Waals surface area contributed by atoms with E-state index in [-0.39, 0.29) is 29.1 Å². The van der Waals surface area contributed by atoms with Gasteiger partial charge in [0.25, 0.3) is 5.91 Å². The standard InChI is InChI=1S/C22H24N4O3/c1-14(2)26-19-8-4-3-7-17(19)24-20(26)16-6-5-11-25(13-16)21(27)18-10-9-15(12-23-18)22(28)29/h3-4,7-10,12,14,16H,5-6,11,13H2,1-2H3,(H,28,29). The molecule has 1 unspecified atom stereocenters. The maximum absolute atomic E-state index is 12.9. The van der Waals surface area contributed by atoms with Crippen LogP contribution in [0.25, 0.3) is 11.0 Å². The van der Waals surface area contributed by atoms with Crippen LogP contribution >= 0.6 is 0 Å². The van der Waals surface area contributed by atoms with Crippen LogP contribution in [-0.4, -0.2) is 49.5 Å². The van der Waals surface area contributed by atoms with Gasteiger partial charge >= 0.3 is 5.97 Å². The monoisotopic (exact) mass is 392 g/mol. The van der Waals surface area contributed by atoms with Gasteiger partial charge in [-0.1, -0.05) is 12.1 Å². The van der Waals surface area contributed by atoms with Gasteiger partial charge in [-0.25, -0.2) is 9.78 Å². The Morgan fingerprint density at radius 2 is 1.97 bits per heavy atom. The highest BCUT2D eigenvalue weighted by Crippen LogP contribution is 2.32. The fourth-order valence-electron chi connectivity index (χ4n) is 4.08. The molecule has 7 nitrogen and oxygen atoms in total. The number of hydrogen-bond donors (Lipinski definition) is 1. The molecule has 29 heavy (non-hydrogen) atoms.